The van der Waals surface area contributed by atoms with E-state index in [1.54, 1.807) is 25.4 Å². The summed E-state index contributed by atoms with van der Waals surface area (Å²) >= 11 is 0. The molecule has 1 saturated carbocycles. The van der Waals surface area contributed by atoms with Crippen LogP contribution in [0.1, 0.15) is 59.7 Å². The maximum atomic E-state index is 13.5. The van der Waals surface area contributed by atoms with Gasteiger partial charge in [0.25, 0.3) is 17.4 Å². The minimum Gasteiger partial charge on any atom is -0.383 e. The topological polar surface area (TPSA) is 130 Å². The van der Waals surface area contributed by atoms with Gasteiger partial charge >= 0.3 is 0 Å². The fourth-order valence-corrected chi connectivity index (χ4v) is 6.91. The zero-order valence-corrected chi connectivity index (χ0v) is 29.7. The number of nitrogens with one attached hydrogen (secondary N) is 3. The van der Waals surface area contributed by atoms with E-state index in [4.69, 9.17) is 4.74 Å². The lowest BCUT2D eigenvalue weighted by molar-refractivity contribution is 0.0945. The van der Waals surface area contributed by atoms with Crippen molar-refractivity contribution >= 4 is 34.1 Å². The third-order valence-corrected chi connectivity index (χ3v) is 9.82. The first-order valence-electron chi connectivity index (χ1n) is 18.2. The SMILES string of the molecule is CCn1nc(-c2cccc(-c3cc(C(=O)NCCCN4CCC[C@H]4COC)cc(C(=O)NC4CC4)c3)c2)cc(Nc2cccc3ncccc23)c1=O. The van der Waals surface area contributed by atoms with Gasteiger partial charge in [-0.15, -0.1) is 0 Å². The quantitative estimate of drug-likeness (QED) is 0.120. The molecule has 1 aliphatic heterocycles. The Labute approximate surface area is 303 Å². The van der Waals surface area contributed by atoms with Crippen LogP contribution in [-0.2, 0) is 11.3 Å². The fourth-order valence-electron chi connectivity index (χ4n) is 6.91. The molecule has 0 unspecified atom stereocenters. The second-order valence-electron chi connectivity index (χ2n) is 13.6. The molecule has 0 spiro atoms. The van der Waals surface area contributed by atoms with Crippen molar-refractivity contribution in [3.63, 3.8) is 0 Å². The van der Waals surface area contributed by atoms with Gasteiger partial charge in [0.15, 0.2) is 0 Å². The van der Waals surface area contributed by atoms with Gasteiger partial charge in [-0.3, -0.25) is 24.3 Å². The van der Waals surface area contributed by atoms with Gasteiger partial charge in [-0.05, 0) is 111 Å². The van der Waals surface area contributed by atoms with E-state index in [0.717, 1.165) is 78.7 Å². The van der Waals surface area contributed by atoms with Crippen LogP contribution in [0.2, 0.25) is 0 Å². The maximum Gasteiger partial charge on any atom is 0.290 e. The predicted molar refractivity (Wildman–Crippen MR) is 204 cm³/mol. The molecule has 3 aromatic carbocycles. The second kappa shape index (κ2) is 15.9. The summed E-state index contributed by atoms with van der Waals surface area (Å²) in [7, 11) is 1.74. The maximum absolute atomic E-state index is 13.5. The van der Waals surface area contributed by atoms with E-state index in [0.29, 0.717) is 41.6 Å². The molecule has 2 amide bonds. The minimum absolute atomic E-state index is 0.178. The van der Waals surface area contributed by atoms with E-state index in [9.17, 15) is 14.4 Å². The van der Waals surface area contributed by atoms with Crippen LogP contribution >= 0.6 is 0 Å². The van der Waals surface area contributed by atoms with Gasteiger partial charge in [-0.25, -0.2) is 4.68 Å². The number of likely N-dealkylation sites (tertiary alicyclic amines) is 1. The zero-order chi connectivity index (χ0) is 36.0. The van der Waals surface area contributed by atoms with Crippen LogP contribution in [0.25, 0.3) is 33.3 Å². The zero-order valence-electron chi connectivity index (χ0n) is 29.7. The third kappa shape index (κ3) is 8.06. The van der Waals surface area contributed by atoms with Gasteiger partial charge in [0.2, 0.25) is 0 Å². The number of rotatable bonds is 14. The molecule has 11 heteroatoms. The van der Waals surface area contributed by atoms with Crippen molar-refractivity contribution in [1.29, 1.82) is 0 Å². The summed E-state index contributed by atoms with van der Waals surface area (Å²) in [5.74, 6) is -0.409. The van der Waals surface area contributed by atoms with E-state index in [1.807, 2.05) is 73.7 Å². The molecule has 2 fully saturated rings. The number of aryl methyl sites for hydroxylation is 1. The Balaban J connectivity index is 1.15. The number of carbonyl (C=O) groups is 2. The highest BCUT2D eigenvalue weighted by Crippen LogP contribution is 2.30. The highest BCUT2D eigenvalue weighted by Gasteiger charge is 2.25. The van der Waals surface area contributed by atoms with Gasteiger partial charge < -0.3 is 20.7 Å². The standard InChI is InChI=1S/C41H45N7O4/c1-3-48-41(51)38(45-36-14-5-13-35-34(36)12-6-17-42-35)25-37(46-48)28-10-4-9-27(21-28)29-22-30(24-31(23-29)40(50)44-32-15-16-32)39(49)43-18-8-20-47-19-7-11-33(47)26-52-2/h4-6,9-10,12-14,17,21-25,32-33,45H,3,7-8,11,15-16,18-20,26H2,1-2H3,(H,43,49)(H,44,50)/t33-/m0/s1. The average Bonchev–Trinajstić information content (AvgIpc) is 3.89. The predicted octanol–water partition coefficient (Wildman–Crippen LogP) is 6.01. The number of aromatic nitrogens is 3. The van der Waals surface area contributed by atoms with Gasteiger partial charge in [-0.2, -0.15) is 5.10 Å². The average molecular weight is 700 g/mol. The van der Waals surface area contributed by atoms with Crippen LogP contribution in [0.4, 0.5) is 11.4 Å². The molecule has 2 aliphatic rings. The Kier molecular flexibility index (Phi) is 10.7. The Morgan fingerprint density at radius 1 is 0.885 bits per heavy atom. The first-order chi connectivity index (χ1) is 25.4. The molecule has 52 heavy (non-hydrogen) atoms. The van der Waals surface area contributed by atoms with Crippen molar-refractivity contribution in [3.8, 4) is 22.4 Å². The van der Waals surface area contributed by atoms with E-state index >= 15 is 0 Å². The van der Waals surface area contributed by atoms with Crippen molar-refractivity contribution in [2.75, 3.05) is 38.7 Å². The molecule has 3 N–H and O–H groups in total. The van der Waals surface area contributed by atoms with Gasteiger partial charge in [0, 0.05) is 72.8 Å². The van der Waals surface area contributed by atoms with Crippen molar-refractivity contribution < 1.29 is 14.3 Å². The normalized spacial score (nSPS) is 15.8. The number of anilines is 2. The molecule has 3 heterocycles. The summed E-state index contributed by atoms with van der Waals surface area (Å²) in [6, 6.07) is 25.1. The van der Waals surface area contributed by atoms with Crippen LogP contribution in [0.15, 0.2) is 89.9 Å². The van der Waals surface area contributed by atoms with Gasteiger partial charge in [-0.1, -0.05) is 24.3 Å². The number of benzene rings is 3. The number of methoxy groups -OCH3 is 1. The van der Waals surface area contributed by atoms with E-state index in [2.05, 4.69) is 30.9 Å². The smallest absolute Gasteiger partial charge is 0.290 e. The molecule has 268 valence electrons. The molecule has 11 nitrogen and oxygen atoms in total. The number of nitrogens with zero attached hydrogens (tertiary/aromatic N) is 4. The number of pyridine rings is 1. The molecule has 1 aliphatic carbocycles. The van der Waals surface area contributed by atoms with E-state index in [-0.39, 0.29) is 23.4 Å². The van der Waals surface area contributed by atoms with Crippen LogP contribution in [0.3, 0.4) is 0 Å². The fraction of sp³-hybridized carbons (Fsp3) is 0.341. The summed E-state index contributed by atoms with van der Waals surface area (Å²) in [4.78, 5) is 47.1. The first-order valence-corrected chi connectivity index (χ1v) is 18.2. The van der Waals surface area contributed by atoms with Gasteiger partial charge in [0.05, 0.1) is 17.8 Å². The molecule has 2 aromatic heterocycles. The van der Waals surface area contributed by atoms with Crippen LogP contribution < -0.4 is 21.5 Å². The first kappa shape index (κ1) is 35.0. The number of hydrogen-bond donors (Lipinski definition) is 3. The summed E-state index contributed by atoms with van der Waals surface area (Å²) in [6.07, 6.45) is 6.80. The van der Waals surface area contributed by atoms with Crippen LogP contribution in [0, 0.1) is 0 Å². The lowest BCUT2D eigenvalue weighted by Crippen LogP contribution is -2.35. The summed E-state index contributed by atoms with van der Waals surface area (Å²) in [5, 5.41) is 15.1. The van der Waals surface area contributed by atoms with Crippen molar-refractivity contribution in [2.24, 2.45) is 0 Å². The molecular weight excluding hydrogens is 654 g/mol. The van der Waals surface area contributed by atoms with Crippen molar-refractivity contribution in [2.45, 2.75) is 57.7 Å². The molecule has 1 saturated heterocycles. The summed E-state index contributed by atoms with van der Waals surface area (Å²) in [6.45, 7) is 5.48. The number of amides is 2. The number of ether oxygens (including phenoxy) is 1. The van der Waals surface area contributed by atoms with E-state index in [1.165, 1.54) is 11.1 Å². The molecule has 7 rings (SSSR count). The van der Waals surface area contributed by atoms with Crippen LogP contribution in [0.5, 0.6) is 0 Å². The van der Waals surface area contributed by atoms with Crippen molar-refractivity contribution in [3.05, 3.63) is 107 Å². The van der Waals surface area contributed by atoms with Gasteiger partial charge in [0.1, 0.15) is 5.69 Å². The molecule has 0 bridgehead atoms. The molecule has 1 atom stereocenters. The highest BCUT2D eigenvalue weighted by atomic mass is 16.5. The lowest BCUT2D eigenvalue weighted by atomic mass is 9.97. The van der Waals surface area contributed by atoms with E-state index < -0.39 is 0 Å². The lowest BCUT2D eigenvalue weighted by Gasteiger charge is -2.23. The Morgan fingerprint density at radius 3 is 2.50 bits per heavy atom. The Morgan fingerprint density at radius 2 is 1.69 bits per heavy atom. The Bertz CT molecular complexity index is 2140. The number of fused-ring (bicyclic) bond motifs is 1. The summed E-state index contributed by atoms with van der Waals surface area (Å²) < 4.78 is 6.83. The molecular formula is C41H45N7O4. The largest absolute Gasteiger partial charge is 0.383 e. The highest BCUT2D eigenvalue weighted by molar-refractivity contribution is 6.02. The number of hydrogen-bond acceptors (Lipinski definition) is 8. The molecule has 5 aromatic rings. The van der Waals surface area contributed by atoms with Crippen molar-refractivity contribution in [1.82, 2.24) is 30.3 Å². The van der Waals surface area contributed by atoms with Crippen LogP contribution in [-0.4, -0.2) is 76.9 Å². The summed E-state index contributed by atoms with van der Waals surface area (Å²) in [5.41, 5.74) is 5.57. The third-order valence-electron chi connectivity index (χ3n) is 9.82. The number of carbonyl (C=O) groups excluding carboxylic acids is 2. The minimum atomic E-state index is -0.233. The Hall–Kier alpha value is -5.39. The monoisotopic (exact) mass is 699 g/mol. The molecule has 0 radical (unpaired) electrons. The second-order valence-corrected chi connectivity index (χ2v) is 13.6.